The van der Waals surface area contributed by atoms with E-state index in [2.05, 4.69) is 16.0 Å². The molecule has 2 fully saturated rings. The Labute approximate surface area is 144 Å². The van der Waals surface area contributed by atoms with Crippen molar-refractivity contribution in [2.75, 3.05) is 32.8 Å². The molecular weight excluding hydrogens is 302 g/mol. The van der Waals surface area contributed by atoms with Crippen molar-refractivity contribution in [1.29, 1.82) is 0 Å². The zero-order valence-electron chi connectivity index (χ0n) is 14.5. The topological polar surface area (TPSA) is 62.4 Å². The number of hydrogen-bond acceptors (Lipinski definition) is 4. The third kappa shape index (κ3) is 4.56. The first kappa shape index (κ1) is 17.4. The van der Waals surface area contributed by atoms with Crippen LogP contribution < -0.4 is 16.0 Å². The summed E-state index contributed by atoms with van der Waals surface area (Å²) in [5.41, 5.74) is 1.84. The quantitative estimate of drug-likeness (QED) is 0.691. The van der Waals surface area contributed by atoms with Crippen LogP contribution in [-0.2, 0) is 4.74 Å². The highest BCUT2D eigenvalue weighted by Gasteiger charge is 2.34. The lowest BCUT2D eigenvalue weighted by atomic mass is 9.94. The van der Waals surface area contributed by atoms with Gasteiger partial charge in [-0.1, -0.05) is 24.1 Å². The van der Waals surface area contributed by atoms with Gasteiger partial charge in [-0.25, -0.2) is 0 Å². The van der Waals surface area contributed by atoms with Gasteiger partial charge in [-0.15, -0.1) is 0 Å². The van der Waals surface area contributed by atoms with E-state index in [1.165, 1.54) is 19.3 Å². The standard InChI is InChI=1S/C19H29N3O2/c1-14-4-2-5-15(12-14)19(23)22-9-8-20-17-7-3-6-16(17)18-13-24-11-10-21-18/h2,4-5,12,16-18,20-21H,3,6-11,13H2,1H3,(H,22,23). The molecule has 5 heteroatoms. The second-order valence-corrected chi connectivity index (χ2v) is 6.92. The summed E-state index contributed by atoms with van der Waals surface area (Å²) in [6.07, 6.45) is 3.75. The van der Waals surface area contributed by atoms with E-state index in [4.69, 9.17) is 4.74 Å². The first-order chi connectivity index (χ1) is 11.7. The minimum atomic E-state index is 0.00539. The van der Waals surface area contributed by atoms with Crippen molar-refractivity contribution in [2.45, 2.75) is 38.3 Å². The Morgan fingerprint density at radius 2 is 2.25 bits per heavy atom. The Bertz CT molecular complexity index is 543. The molecule has 0 spiro atoms. The summed E-state index contributed by atoms with van der Waals surface area (Å²) in [7, 11) is 0. The van der Waals surface area contributed by atoms with Crippen LogP contribution in [0.25, 0.3) is 0 Å². The second kappa shape index (κ2) is 8.60. The van der Waals surface area contributed by atoms with E-state index in [0.29, 0.717) is 24.5 Å². The van der Waals surface area contributed by atoms with Crippen LogP contribution in [0.15, 0.2) is 24.3 Å². The van der Waals surface area contributed by atoms with Crippen molar-refractivity contribution < 1.29 is 9.53 Å². The molecule has 1 aromatic carbocycles. The van der Waals surface area contributed by atoms with E-state index in [9.17, 15) is 4.79 Å². The van der Waals surface area contributed by atoms with Gasteiger partial charge in [-0.3, -0.25) is 4.79 Å². The first-order valence-corrected chi connectivity index (χ1v) is 9.13. The van der Waals surface area contributed by atoms with Crippen molar-refractivity contribution in [3.8, 4) is 0 Å². The monoisotopic (exact) mass is 331 g/mol. The second-order valence-electron chi connectivity index (χ2n) is 6.92. The summed E-state index contributed by atoms with van der Waals surface area (Å²) in [6.45, 7) is 6.08. The summed E-state index contributed by atoms with van der Waals surface area (Å²) in [4.78, 5) is 12.1. The van der Waals surface area contributed by atoms with Crippen LogP contribution in [0.1, 0.15) is 35.2 Å². The molecule has 1 saturated carbocycles. The molecule has 5 nitrogen and oxygen atoms in total. The number of carbonyl (C=O) groups is 1. The van der Waals surface area contributed by atoms with E-state index in [1.54, 1.807) is 0 Å². The smallest absolute Gasteiger partial charge is 0.251 e. The lowest BCUT2D eigenvalue weighted by molar-refractivity contribution is 0.0526. The van der Waals surface area contributed by atoms with Crippen molar-refractivity contribution >= 4 is 5.91 Å². The van der Waals surface area contributed by atoms with Crippen LogP contribution in [0.4, 0.5) is 0 Å². The lowest BCUT2D eigenvalue weighted by Gasteiger charge is -2.33. The minimum absolute atomic E-state index is 0.00539. The highest BCUT2D eigenvalue weighted by molar-refractivity contribution is 5.94. The van der Waals surface area contributed by atoms with Gasteiger partial charge in [0.25, 0.3) is 5.91 Å². The summed E-state index contributed by atoms with van der Waals surface area (Å²) < 4.78 is 5.61. The van der Waals surface area contributed by atoms with Gasteiger partial charge in [0.1, 0.15) is 0 Å². The van der Waals surface area contributed by atoms with Gasteiger partial charge in [0.05, 0.1) is 13.2 Å². The molecule has 1 aromatic rings. The van der Waals surface area contributed by atoms with Gasteiger partial charge in [0, 0.05) is 37.3 Å². The van der Waals surface area contributed by atoms with Crippen LogP contribution in [0, 0.1) is 12.8 Å². The molecule has 3 unspecified atom stereocenters. The molecular formula is C19H29N3O2. The zero-order valence-corrected chi connectivity index (χ0v) is 14.5. The summed E-state index contributed by atoms with van der Waals surface area (Å²) in [6, 6.07) is 8.70. The zero-order chi connectivity index (χ0) is 16.8. The predicted molar refractivity (Wildman–Crippen MR) is 95.3 cm³/mol. The van der Waals surface area contributed by atoms with Gasteiger partial charge < -0.3 is 20.7 Å². The Balaban J connectivity index is 1.40. The molecule has 2 aliphatic rings. The fraction of sp³-hybridized carbons (Fsp3) is 0.632. The highest BCUT2D eigenvalue weighted by Crippen LogP contribution is 2.29. The summed E-state index contributed by atoms with van der Waals surface area (Å²) >= 11 is 0. The number of hydrogen-bond donors (Lipinski definition) is 3. The number of benzene rings is 1. The van der Waals surface area contributed by atoms with Crippen LogP contribution in [0.5, 0.6) is 0 Å². The van der Waals surface area contributed by atoms with Gasteiger partial charge in [-0.05, 0) is 37.8 Å². The van der Waals surface area contributed by atoms with Crippen molar-refractivity contribution in [3.05, 3.63) is 35.4 Å². The van der Waals surface area contributed by atoms with E-state index < -0.39 is 0 Å². The predicted octanol–water partition coefficient (Wildman–Crippen LogP) is 1.47. The van der Waals surface area contributed by atoms with Gasteiger partial charge >= 0.3 is 0 Å². The number of rotatable bonds is 6. The van der Waals surface area contributed by atoms with E-state index in [-0.39, 0.29) is 5.91 Å². The van der Waals surface area contributed by atoms with Crippen LogP contribution >= 0.6 is 0 Å². The first-order valence-electron chi connectivity index (χ1n) is 9.13. The molecule has 3 rings (SSSR count). The molecule has 24 heavy (non-hydrogen) atoms. The lowest BCUT2D eigenvalue weighted by Crippen LogP contribution is -2.51. The number of carbonyl (C=O) groups excluding carboxylic acids is 1. The molecule has 1 aliphatic carbocycles. The van der Waals surface area contributed by atoms with Gasteiger partial charge in [-0.2, -0.15) is 0 Å². The van der Waals surface area contributed by atoms with Crippen molar-refractivity contribution in [1.82, 2.24) is 16.0 Å². The highest BCUT2D eigenvalue weighted by atomic mass is 16.5. The summed E-state index contributed by atoms with van der Waals surface area (Å²) in [5, 5.41) is 10.2. The van der Waals surface area contributed by atoms with E-state index in [1.807, 2.05) is 31.2 Å². The molecule has 0 aromatic heterocycles. The number of ether oxygens (including phenoxy) is 1. The molecule has 3 N–H and O–H groups in total. The van der Waals surface area contributed by atoms with Crippen LogP contribution in [-0.4, -0.2) is 50.8 Å². The van der Waals surface area contributed by atoms with Gasteiger partial charge in [0.15, 0.2) is 0 Å². The molecule has 1 heterocycles. The number of morpholine rings is 1. The Kier molecular flexibility index (Phi) is 6.24. The van der Waals surface area contributed by atoms with E-state index in [0.717, 1.165) is 37.4 Å². The molecule has 0 bridgehead atoms. The van der Waals surface area contributed by atoms with Crippen molar-refractivity contribution in [2.24, 2.45) is 5.92 Å². The number of aryl methyl sites for hydroxylation is 1. The largest absolute Gasteiger partial charge is 0.379 e. The molecule has 132 valence electrons. The fourth-order valence-electron chi connectivity index (χ4n) is 3.91. The maximum atomic E-state index is 12.1. The molecule has 3 atom stereocenters. The Morgan fingerprint density at radius 1 is 1.33 bits per heavy atom. The Hall–Kier alpha value is -1.43. The van der Waals surface area contributed by atoms with Crippen LogP contribution in [0.2, 0.25) is 0 Å². The SMILES string of the molecule is Cc1cccc(C(=O)NCCNC2CCCC2C2COCCN2)c1. The molecule has 0 radical (unpaired) electrons. The molecule has 1 amide bonds. The molecule has 1 aliphatic heterocycles. The third-order valence-electron chi connectivity index (χ3n) is 5.13. The Morgan fingerprint density at radius 3 is 3.04 bits per heavy atom. The number of amides is 1. The maximum absolute atomic E-state index is 12.1. The minimum Gasteiger partial charge on any atom is -0.379 e. The molecule has 1 saturated heterocycles. The van der Waals surface area contributed by atoms with Crippen molar-refractivity contribution in [3.63, 3.8) is 0 Å². The maximum Gasteiger partial charge on any atom is 0.251 e. The fourth-order valence-corrected chi connectivity index (χ4v) is 3.91. The third-order valence-corrected chi connectivity index (χ3v) is 5.13. The van der Waals surface area contributed by atoms with E-state index >= 15 is 0 Å². The average Bonchev–Trinajstić information content (AvgIpc) is 3.08. The van der Waals surface area contributed by atoms with Gasteiger partial charge in [0.2, 0.25) is 0 Å². The number of nitrogens with one attached hydrogen (secondary N) is 3. The summed E-state index contributed by atoms with van der Waals surface area (Å²) in [5.74, 6) is 0.642. The average molecular weight is 331 g/mol. The normalized spacial score (nSPS) is 27.1. The van der Waals surface area contributed by atoms with Crippen LogP contribution in [0.3, 0.4) is 0 Å².